The molecule has 0 atom stereocenters. The Labute approximate surface area is 171 Å². The average Bonchev–Trinajstić information content (AvgIpc) is 2.67. The SMILES string of the molecule is CC(=O)c1ccc(S(=O)(=O)N(C)CC(=O)N2CCN(S(=O)(=O)N(C)C)CC2)cc1. The average molecular weight is 447 g/mol. The highest BCUT2D eigenvalue weighted by molar-refractivity contribution is 7.89. The quantitative estimate of drug-likeness (QED) is 0.520. The number of likely N-dealkylation sites (N-methyl/N-ethyl adjacent to an activating group) is 1. The molecule has 0 aromatic heterocycles. The zero-order chi connectivity index (χ0) is 22.0. The van der Waals surface area contributed by atoms with Crippen LogP contribution in [0.15, 0.2) is 29.2 Å². The molecule has 29 heavy (non-hydrogen) atoms. The molecule has 1 aromatic rings. The van der Waals surface area contributed by atoms with E-state index in [9.17, 15) is 26.4 Å². The Morgan fingerprint density at radius 3 is 1.90 bits per heavy atom. The summed E-state index contributed by atoms with van der Waals surface area (Å²) in [6.45, 7) is 1.69. The van der Waals surface area contributed by atoms with Crippen LogP contribution < -0.4 is 0 Å². The molecule has 12 heteroatoms. The highest BCUT2D eigenvalue weighted by Crippen LogP contribution is 2.16. The molecule has 0 radical (unpaired) electrons. The number of amides is 1. The molecule has 1 saturated heterocycles. The van der Waals surface area contributed by atoms with Crippen LogP contribution in [0, 0.1) is 0 Å². The van der Waals surface area contributed by atoms with Crippen LogP contribution in [-0.4, -0.2) is 100 Å². The first-order chi connectivity index (χ1) is 13.4. The first-order valence-corrected chi connectivity index (χ1v) is 11.7. The van der Waals surface area contributed by atoms with Gasteiger partial charge in [-0.15, -0.1) is 0 Å². The minimum absolute atomic E-state index is 0.0142. The Morgan fingerprint density at radius 2 is 1.45 bits per heavy atom. The Morgan fingerprint density at radius 1 is 0.931 bits per heavy atom. The number of hydrogen-bond donors (Lipinski definition) is 0. The maximum absolute atomic E-state index is 12.7. The molecule has 2 rings (SSSR count). The number of ketones is 1. The van der Waals surface area contributed by atoms with Crippen LogP contribution >= 0.6 is 0 Å². The van der Waals surface area contributed by atoms with Gasteiger partial charge in [0.1, 0.15) is 0 Å². The molecule has 10 nitrogen and oxygen atoms in total. The van der Waals surface area contributed by atoms with Crippen molar-refractivity contribution in [2.45, 2.75) is 11.8 Å². The first kappa shape index (κ1) is 23.4. The number of hydrogen-bond acceptors (Lipinski definition) is 6. The Hall–Kier alpha value is -1.86. The van der Waals surface area contributed by atoms with Gasteiger partial charge in [0.2, 0.25) is 15.9 Å². The Bertz CT molecular complexity index is 966. The molecule has 0 spiro atoms. The fourth-order valence-corrected chi connectivity index (χ4v) is 5.02. The molecule has 1 amide bonds. The van der Waals surface area contributed by atoms with E-state index < -0.39 is 26.1 Å². The summed E-state index contributed by atoms with van der Waals surface area (Å²) >= 11 is 0. The zero-order valence-corrected chi connectivity index (χ0v) is 18.5. The van der Waals surface area contributed by atoms with E-state index in [1.54, 1.807) is 0 Å². The third kappa shape index (κ3) is 5.20. The van der Waals surface area contributed by atoms with E-state index >= 15 is 0 Å². The number of rotatable bonds is 7. The normalized spacial score (nSPS) is 16.4. The second kappa shape index (κ2) is 8.88. The van der Waals surface area contributed by atoms with Gasteiger partial charge in [0, 0.05) is 52.9 Å². The summed E-state index contributed by atoms with van der Waals surface area (Å²) in [6, 6.07) is 5.51. The maximum Gasteiger partial charge on any atom is 0.281 e. The minimum atomic E-state index is -3.90. The van der Waals surface area contributed by atoms with Crippen molar-refractivity contribution in [1.29, 1.82) is 0 Å². The summed E-state index contributed by atoms with van der Waals surface area (Å²) in [5.41, 5.74) is 0.397. The molecule has 0 unspecified atom stereocenters. The van der Waals surface area contributed by atoms with Crippen LogP contribution in [0.4, 0.5) is 0 Å². The summed E-state index contributed by atoms with van der Waals surface area (Å²) in [4.78, 5) is 25.3. The molecule has 1 aliphatic heterocycles. The lowest BCUT2D eigenvalue weighted by Gasteiger charge is -2.35. The Kier molecular flexibility index (Phi) is 7.17. The van der Waals surface area contributed by atoms with Crippen LogP contribution in [-0.2, 0) is 25.0 Å². The van der Waals surface area contributed by atoms with Gasteiger partial charge >= 0.3 is 0 Å². The number of benzene rings is 1. The number of carbonyl (C=O) groups excluding carboxylic acids is 2. The van der Waals surface area contributed by atoms with Gasteiger partial charge in [-0.25, -0.2) is 8.42 Å². The lowest BCUT2D eigenvalue weighted by atomic mass is 10.2. The summed E-state index contributed by atoms with van der Waals surface area (Å²) < 4.78 is 52.9. The monoisotopic (exact) mass is 446 g/mol. The summed E-state index contributed by atoms with van der Waals surface area (Å²) in [5, 5.41) is 0. The highest BCUT2D eigenvalue weighted by Gasteiger charge is 2.31. The van der Waals surface area contributed by atoms with Crippen molar-refractivity contribution in [3.8, 4) is 0 Å². The smallest absolute Gasteiger partial charge is 0.281 e. The van der Waals surface area contributed by atoms with Crippen LogP contribution in [0.3, 0.4) is 0 Å². The van der Waals surface area contributed by atoms with E-state index in [0.29, 0.717) is 5.56 Å². The van der Waals surface area contributed by atoms with Crippen molar-refractivity contribution in [3.63, 3.8) is 0 Å². The van der Waals surface area contributed by atoms with Crippen molar-refractivity contribution in [2.24, 2.45) is 0 Å². The van der Waals surface area contributed by atoms with Gasteiger partial charge in [-0.1, -0.05) is 12.1 Å². The molecule has 1 aliphatic rings. The first-order valence-electron chi connectivity index (χ1n) is 8.90. The lowest BCUT2D eigenvalue weighted by molar-refractivity contribution is -0.132. The van der Waals surface area contributed by atoms with Gasteiger partial charge in [-0.3, -0.25) is 9.59 Å². The maximum atomic E-state index is 12.7. The molecule has 0 saturated carbocycles. The standard InChI is InChI=1S/C17H26N4O6S2/c1-14(22)15-5-7-16(8-6-15)28(24,25)19(4)13-17(23)20-9-11-21(12-10-20)29(26,27)18(2)3/h5-8H,9-13H2,1-4H3. The van der Waals surface area contributed by atoms with Gasteiger partial charge in [-0.2, -0.15) is 21.3 Å². The van der Waals surface area contributed by atoms with Crippen LogP contribution in [0.25, 0.3) is 0 Å². The summed E-state index contributed by atoms with van der Waals surface area (Å²) in [5.74, 6) is -0.578. The molecular weight excluding hydrogens is 420 g/mol. The van der Waals surface area contributed by atoms with E-state index in [2.05, 4.69) is 0 Å². The Balaban J connectivity index is 2.01. The highest BCUT2D eigenvalue weighted by atomic mass is 32.2. The van der Waals surface area contributed by atoms with Gasteiger partial charge < -0.3 is 4.90 Å². The fraction of sp³-hybridized carbons (Fsp3) is 0.529. The molecular formula is C17H26N4O6S2. The van der Waals surface area contributed by atoms with Crippen molar-refractivity contribution in [1.82, 2.24) is 17.8 Å². The second-order valence-electron chi connectivity index (χ2n) is 6.91. The van der Waals surface area contributed by atoms with Gasteiger partial charge in [0.25, 0.3) is 10.2 Å². The van der Waals surface area contributed by atoms with Gasteiger partial charge in [0.05, 0.1) is 11.4 Å². The van der Waals surface area contributed by atoms with E-state index in [1.807, 2.05) is 0 Å². The minimum Gasteiger partial charge on any atom is -0.339 e. The summed E-state index contributed by atoms with van der Waals surface area (Å²) in [7, 11) is -3.26. The van der Waals surface area contributed by atoms with Crippen molar-refractivity contribution in [2.75, 3.05) is 53.9 Å². The summed E-state index contributed by atoms with van der Waals surface area (Å²) in [6.07, 6.45) is 0. The third-order valence-corrected chi connectivity index (χ3v) is 8.46. The topological polar surface area (TPSA) is 115 Å². The van der Waals surface area contributed by atoms with Crippen LogP contribution in [0.5, 0.6) is 0 Å². The van der Waals surface area contributed by atoms with Crippen LogP contribution in [0.2, 0.25) is 0 Å². The number of Topliss-reactive ketones (excluding diaryl/α,β-unsaturated/α-hetero) is 1. The van der Waals surface area contributed by atoms with Crippen molar-refractivity contribution < 1.29 is 26.4 Å². The van der Waals surface area contributed by atoms with E-state index in [-0.39, 0.29) is 43.4 Å². The molecule has 162 valence electrons. The predicted octanol–water partition coefficient (Wildman–Crippen LogP) is -0.540. The number of piperazine rings is 1. The number of carbonyl (C=O) groups is 2. The van der Waals surface area contributed by atoms with Crippen molar-refractivity contribution >= 4 is 31.9 Å². The van der Waals surface area contributed by atoms with Crippen LogP contribution in [0.1, 0.15) is 17.3 Å². The number of sulfonamides is 1. The third-order valence-electron chi connectivity index (χ3n) is 4.71. The van der Waals surface area contributed by atoms with Gasteiger partial charge in [-0.05, 0) is 19.1 Å². The number of nitrogens with zero attached hydrogens (tertiary/aromatic N) is 4. The molecule has 1 fully saturated rings. The largest absolute Gasteiger partial charge is 0.339 e. The van der Waals surface area contributed by atoms with Gasteiger partial charge in [0.15, 0.2) is 5.78 Å². The van der Waals surface area contributed by atoms with E-state index in [1.165, 1.54) is 61.5 Å². The molecule has 0 bridgehead atoms. The fourth-order valence-electron chi connectivity index (χ4n) is 2.82. The molecule has 0 aliphatic carbocycles. The predicted molar refractivity (Wildman–Crippen MR) is 107 cm³/mol. The molecule has 1 aromatic carbocycles. The molecule has 1 heterocycles. The lowest BCUT2D eigenvalue weighted by Crippen LogP contribution is -2.54. The zero-order valence-electron chi connectivity index (χ0n) is 16.9. The van der Waals surface area contributed by atoms with E-state index in [4.69, 9.17) is 0 Å². The van der Waals surface area contributed by atoms with E-state index in [0.717, 1.165) is 8.61 Å². The van der Waals surface area contributed by atoms with Crippen molar-refractivity contribution in [3.05, 3.63) is 29.8 Å². The molecule has 0 N–H and O–H groups in total. The second-order valence-corrected chi connectivity index (χ2v) is 11.1.